The summed E-state index contributed by atoms with van der Waals surface area (Å²) in [6, 6.07) is 0. The van der Waals surface area contributed by atoms with Gasteiger partial charge in [-0.2, -0.15) is 0 Å². The van der Waals surface area contributed by atoms with E-state index in [0.29, 0.717) is 12.5 Å². The third-order valence-electron chi connectivity index (χ3n) is 5.68. The van der Waals surface area contributed by atoms with E-state index in [2.05, 4.69) is 33.0 Å². The smallest absolute Gasteiger partial charge is 0.328 e. The highest BCUT2D eigenvalue weighted by molar-refractivity contribution is 5.91. The molecular formula is C16H24N4O4. The van der Waals surface area contributed by atoms with Crippen LogP contribution in [0.15, 0.2) is 15.8 Å². The Morgan fingerprint density at radius 2 is 1.83 bits per heavy atom. The van der Waals surface area contributed by atoms with Crippen LogP contribution in [0.3, 0.4) is 0 Å². The molecule has 4 N–H and O–H groups in total. The number of amides is 2. The molecule has 1 saturated carbocycles. The first kappa shape index (κ1) is 18.0. The molecule has 1 aliphatic rings. The SMILES string of the molecule is CC1(C)C(CNC(=O)CCn2cc(C(N)=O)c(=O)[nH]c2=O)C1(C)C. The number of nitrogens with two attached hydrogens (primary N) is 1. The zero-order valence-electron chi connectivity index (χ0n) is 14.4. The molecule has 8 heteroatoms. The summed E-state index contributed by atoms with van der Waals surface area (Å²) in [6.45, 7) is 9.35. The van der Waals surface area contributed by atoms with Gasteiger partial charge in [0, 0.05) is 25.7 Å². The molecular weight excluding hydrogens is 312 g/mol. The van der Waals surface area contributed by atoms with Crippen LogP contribution >= 0.6 is 0 Å². The number of aromatic nitrogens is 2. The van der Waals surface area contributed by atoms with Gasteiger partial charge < -0.3 is 11.1 Å². The van der Waals surface area contributed by atoms with Crippen molar-refractivity contribution in [3.05, 3.63) is 32.6 Å². The molecule has 8 nitrogen and oxygen atoms in total. The van der Waals surface area contributed by atoms with Crippen LogP contribution in [0.25, 0.3) is 0 Å². The number of H-pyrrole nitrogens is 1. The number of nitrogens with zero attached hydrogens (tertiary/aromatic N) is 1. The van der Waals surface area contributed by atoms with Gasteiger partial charge in [0.05, 0.1) is 0 Å². The van der Waals surface area contributed by atoms with Gasteiger partial charge in [0.15, 0.2) is 0 Å². The van der Waals surface area contributed by atoms with Gasteiger partial charge >= 0.3 is 5.69 Å². The molecule has 24 heavy (non-hydrogen) atoms. The lowest BCUT2D eigenvalue weighted by atomic mass is 10.0. The largest absolute Gasteiger partial charge is 0.365 e. The minimum absolute atomic E-state index is 0.0547. The van der Waals surface area contributed by atoms with E-state index in [4.69, 9.17) is 5.73 Å². The summed E-state index contributed by atoms with van der Waals surface area (Å²) in [5.74, 6) is -0.703. The summed E-state index contributed by atoms with van der Waals surface area (Å²) in [6.07, 6.45) is 1.15. The molecule has 1 heterocycles. The molecule has 0 unspecified atom stereocenters. The number of hydrogen-bond donors (Lipinski definition) is 3. The van der Waals surface area contributed by atoms with Gasteiger partial charge in [-0.15, -0.1) is 0 Å². The van der Waals surface area contributed by atoms with Gasteiger partial charge in [0.2, 0.25) is 5.91 Å². The number of carbonyl (C=O) groups excluding carboxylic acids is 2. The normalized spacial score (nSPS) is 18.2. The van der Waals surface area contributed by atoms with Gasteiger partial charge in [-0.25, -0.2) is 4.79 Å². The van der Waals surface area contributed by atoms with Crippen LogP contribution in [0.5, 0.6) is 0 Å². The standard InChI is InChI=1S/C16H24N4O4/c1-15(2)10(16(15,3)4)7-18-11(21)5-6-20-8-9(12(17)22)13(23)19-14(20)24/h8,10H,5-7H2,1-4H3,(H2,17,22)(H,18,21)(H,19,23,24). The van der Waals surface area contributed by atoms with E-state index < -0.39 is 17.2 Å². The second-order valence-electron chi connectivity index (χ2n) is 7.41. The summed E-state index contributed by atoms with van der Waals surface area (Å²) in [7, 11) is 0. The first-order valence-electron chi connectivity index (χ1n) is 7.88. The molecule has 132 valence electrons. The van der Waals surface area contributed by atoms with Crippen LogP contribution in [0, 0.1) is 16.7 Å². The van der Waals surface area contributed by atoms with Crippen LogP contribution in [0.2, 0.25) is 0 Å². The molecule has 1 aliphatic carbocycles. The van der Waals surface area contributed by atoms with Crippen molar-refractivity contribution < 1.29 is 9.59 Å². The van der Waals surface area contributed by atoms with Crippen molar-refractivity contribution in [2.75, 3.05) is 6.54 Å². The van der Waals surface area contributed by atoms with Crippen LogP contribution in [-0.2, 0) is 11.3 Å². The highest BCUT2D eigenvalue weighted by Crippen LogP contribution is 2.67. The minimum atomic E-state index is -0.923. The maximum atomic E-state index is 12.0. The highest BCUT2D eigenvalue weighted by atomic mass is 16.2. The Morgan fingerprint density at radius 3 is 2.33 bits per heavy atom. The summed E-state index contributed by atoms with van der Waals surface area (Å²) in [5.41, 5.74) is 3.63. The predicted octanol–water partition coefficient (Wildman–Crippen LogP) is -0.176. The molecule has 0 spiro atoms. The van der Waals surface area contributed by atoms with Crippen LogP contribution in [0.4, 0.5) is 0 Å². The number of hydrogen-bond acceptors (Lipinski definition) is 4. The lowest BCUT2D eigenvalue weighted by Crippen LogP contribution is -2.36. The second-order valence-corrected chi connectivity index (χ2v) is 7.41. The number of nitrogens with one attached hydrogen (secondary N) is 2. The molecule has 0 radical (unpaired) electrons. The van der Waals surface area contributed by atoms with Gasteiger partial charge in [0.1, 0.15) is 5.56 Å². The fraction of sp³-hybridized carbons (Fsp3) is 0.625. The molecule has 2 amide bonds. The van der Waals surface area contributed by atoms with Gasteiger partial charge in [0.25, 0.3) is 11.5 Å². The average molecular weight is 336 g/mol. The van der Waals surface area contributed by atoms with E-state index in [0.717, 1.165) is 10.8 Å². The monoisotopic (exact) mass is 336 g/mol. The van der Waals surface area contributed by atoms with Crippen molar-refractivity contribution in [3.8, 4) is 0 Å². The fourth-order valence-corrected chi connectivity index (χ4v) is 3.22. The van der Waals surface area contributed by atoms with Crippen LogP contribution in [0.1, 0.15) is 44.5 Å². The molecule has 1 aromatic heterocycles. The Labute approximate surface area is 139 Å². The van der Waals surface area contributed by atoms with Gasteiger partial charge in [-0.3, -0.25) is 23.9 Å². The summed E-state index contributed by atoms with van der Waals surface area (Å²) < 4.78 is 1.10. The van der Waals surface area contributed by atoms with E-state index in [1.165, 1.54) is 0 Å². The fourth-order valence-electron chi connectivity index (χ4n) is 3.22. The van der Waals surface area contributed by atoms with Gasteiger partial charge in [-0.05, 0) is 16.7 Å². The number of carbonyl (C=O) groups is 2. The Balaban J connectivity index is 1.93. The third kappa shape index (κ3) is 3.13. The number of aryl methyl sites for hydroxylation is 1. The molecule has 0 atom stereocenters. The summed E-state index contributed by atoms with van der Waals surface area (Å²) >= 11 is 0. The summed E-state index contributed by atoms with van der Waals surface area (Å²) in [4.78, 5) is 48.3. The van der Waals surface area contributed by atoms with Gasteiger partial charge in [-0.1, -0.05) is 27.7 Å². The Kier molecular flexibility index (Phi) is 4.43. The molecule has 2 rings (SSSR count). The number of aromatic amines is 1. The molecule has 0 bridgehead atoms. The second kappa shape index (κ2) is 5.92. The highest BCUT2D eigenvalue weighted by Gasteiger charge is 2.64. The quantitative estimate of drug-likeness (QED) is 0.666. The number of rotatable bonds is 6. The molecule has 1 fully saturated rings. The maximum absolute atomic E-state index is 12.0. The predicted molar refractivity (Wildman–Crippen MR) is 88.5 cm³/mol. The average Bonchev–Trinajstić information content (AvgIpc) is 2.84. The Bertz CT molecular complexity index is 774. The topological polar surface area (TPSA) is 127 Å². The van der Waals surface area contributed by atoms with Crippen molar-refractivity contribution in [3.63, 3.8) is 0 Å². The zero-order valence-corrected chi connectivity index (χ0v) is 14.4. The first-order chi connectivity index (χ1) is 11.0. The van der Waals surface area contributed by atoms with E-state index in [1.54, 1.807) is 0 Å². The van der Waals surface area contributed by atoms with E-state index >= 15 is 0 Å². The molecule has 0 aliphatic heterocycles. The zero-order chi connectivity index (χ0) is 18.3. The van der Waals surface area contributed by atoms with E-state index in [-0.39, 0.29) is 35.3 Å². The molecule has 1 aromatic rings. The Morgan fingerprint density at radius 1 is 1.25 bits per heavy atom. The van der Waals surface area contributed by atoms with Crippen molar-refractivity contribution >= 4 is 11.8 Å². The minimum Gasteiger partial charge on any atom is -0.365 e. The maximum Gasteiger partial charge on any atom is 0.328 e. The van der Waals surface area contributed by atoms with Crippen LogP contribution < -0.4 is 22.3 Å². The first-order valence-corrected chi connectivity index (χ1v) is 7.88. The van der Waals surface area contributed by atoms with Crippen molar-refractivity contribution in [1.82, 2.24) is 14.9 Å². The van der Waals surface area contributed by atoms with Crippen molar-refractivity contribution in [2.45, 2.75) is 40.7 Å². The molecule has 0 saturated heterocycles. The van der Waals surface area contributed by atoms with Crippen molar-refractivity contribution in [2.24, 2.45) is 22.5 Å². The summed E-state index contributed by atoms with van der Waals surface area (Å²) in [5, 5.41) is 2.88. The Hall–Kier alpha value is -2.38. The van der Waals surface area contributed by atoms with Crippen LogP contribution in [-0.4, -0.2) is 27.9 Å². The number of primary amides is 1. The van der Waals surface area contributed by atoms with E-state index in [9.17, 15) is 19.2 Å². The van der Waals surface area contributed by atoms with E-state index in [1.807, 2.05) is 4.98 Å². The third-order valence-corrected chi connectivity index (χ3v) is 5.68. The lowest BCUT2D eigenvalue weighted by Gasteiger charge is -2.08. The lowest BCUT2D eigenvalue weighted by molar-refractivity contribution is -0.121. The van der Waals surface area contributed by atoms with Crippen molar-refractivity contribution in [1.29, 1.82) is 0 Å². The molecule has 0 aromatic carbocycles.